The zero-order valence-corrected chi connectivity index (χ0v) is 13.2. The Morgan fingerprint density at radius 3 is 3.00 bits per heavy atom. The summed E-state index contributed by atoms with van der Waals surface area (Å²) in [4.78, 5) is 19.0. The zero-order valence-electron chi connectivity index (χ0n) is 12.4. The quantitative estimate of drug-likeness (QED) is 0.926. The van der Waals surface area contributed by atoms with Gasteiger partial charge in [-0.2, -0.15) is 0 Å². The van der Waals surface area contributed by atoms with Crippen molar-refractivity contribution < 1.29 is 0 Å². The molecular formula is C15H21ClN4O. The molecule has 0 spiro atoms. The fourth-order valence-corrected chi connectivity index (χ4v) is 2.74. The zero-order chi connectivity index (χ0) is 14.1. The van der Waals surface area contributed by atoms with Crippen LogP contribution in [0.15, 0.2) is 29.2 Å². The van der Waals surface area contributed by atoms with Gasteiger partial charge in [0.05, 0.1) is 5.69 Å². The van der Waals surface area contributed by atoms with Gasteiger partial charge in [-0.25, -0.2) is 4.98 Å². The number of halogens is 1. The van der Waals surface area contributed by atoms with Crippen molar-refractivity contribution in [1.29, 1.82) is 0 Å². The molecular weight excluding hydrogens is 288 g/mol. The molecule has 114 valence electrons. The largest absolute Gasteiger partial charge is 0.315 e. The van der Waals surface area contributed by atoms with E-state index in [9.17, 15) is 4.79 Å². The van der Waals surface area contributed by atoms with Crippen molar-refractivity contribution in [2.24, 2.45) is 0 Å². The van der Waals surface area contributed by atoms with E-state index in [0.717, 1.165) is 36.4 Å². The molecule has 1 aliphatic rings. The van der Waals surface area contributed by atoms with E-state index < -0.39 is 0 Å². The molecule has 1 fully saturated rings. The Labute approximate surface area is 130 Å². The minimum atomic E-state index is -0.00773. The van der Waals surface area contributed by atoms with Crippen LogP contribution in [-0.4, -0.2) is 40.5 Å². The molecule has 0 radical (unpaired) electrons. The molecule has 2 aromatic heterocycles. The summed E-state index contributed by atoms with van der Waals surface area (Å²) in [5, 5.41) is 3.36. The lowest BCUT2D eigenvalue weighted by Crippen LogP contribution is -2.33. The number of likely N-dealkylation sites (N-methyl/N-ethyl adjacent to an activating group) is 1. The van der Waals surface area contributed by atoms with Crippen LogP contribution >= 0.6 is 12.4 Å². The molecule has 3 heterocycles. The standard InChI is InChI=1S/C15H20N4O.ClH/c1-11-3-4-14-17-12(7-15(20)19(14)9-11)10-18(2)13-5-6-16-8-13;/h3-4,7,9,13,16H,5-6,8,10H2,1-2H3;1H. The summed E-state index contributed by atoms with van der Waals surface area (Å²) >= 11 is 0. The van der Waals surface area contributed by atoms with E-state index in [1.807, 2.05) is 25.3 Å². The smallest absolute Gasteiger partial charge is 0.258 e. The van der Waals surface area contributed by atoms with E-state index >= 15 is 0 Å². The predicted octanol–water partition coefficient (Wildman–Crippen LogP) is 1.22. The molecule has 0 bridgehead atoms. The maximum Gasteiger partial charge on any atom is 0.258 e. The monoisotopic (exact) mass is 308 g/mol. The van der Waals surface area contributed by atoms with E-state index in [4.69, 9.17) is 0 Å². The van der Waals surface area contributed by atoms with Crippen molar-refractivity contribution in [2.75, 3.05) is 20.1 Å². The fraction of sp³-hybridized carbons (Fsp3) is 0.467. The van der Waals surface area contributed by atoms with Gasteiger partial charge in [-0.3, -0.25) is 14.1 Å². The second-order valence-electron chi connectivity index (χ2n) is 5.58. The topological polar surface area (TPSA) is 49.6 Å². The van der Waals surface area contributed by atoms with Crippen LogP contribution in [0.25, 0.3) is 5.65 Å². The highest BCUT2D eigenvalue weighted by Gasteiger charge is 2.19. The Balaban J connectivity index is 0.00000161. The van der Waals surface area contributed by atoms with E-state index in [0.29, 0.717) is 12.6 Å². The van der Waals surface area contributed by atoms with Gasteiger partial charge in [0.2, 0.25) is 0 Å². The maximum atomic E-state index is 12.1. The first-order valence-corrected chi connectivity index (χ1v) is 7.03. The Hall–Kier alpha value is -1.43. The van der Waals surface area contributed by atoms with Crippen molar-refractivity contribution in [1.82, 2.24) is 19.6 Å². The molecule has 2 aromatic rings. The van der Waals surface area contributed by atoms with Gasteiger partial charge in [0.25, 0.3) is 5.56 Å². The number of nitrogens with zero attached hydrogens (tertiary/aromatic N) is 3. The highest BCUT2D eigenvalue weighted by atomic mass is 35.5. The molecule has 1 unspecified atom stereocenters. The second-order valence-corrected chi connectivity index (χ2v) is 5.58. The number of pyridine rings is 1. The normalized spacial score (nSPS) is 18.1. The lowest BCUT2D eigenvalue weighted by Gasteiger charge is -2.22. The van der Waals surface area contributed by atoms with Crippen LogP contribution in [0.5, 0.6) is 0 Å². The van der Waals surface area contributed by atoms with Gasteiger partial charge in [0, 0.05) is 31.4 Å². The van der Waals surface area contributed by atoms with Crippen molar-refractivity contribution in [2.45, 2.75) is 25.9 Å². The summed E-state index contributed by atoms with van der Waals surface area (Å²) in [5.74, 6) is 0. The molecule has 0 aliphatic carbocycles. The first-order valence-electron chi connectivity index (χ1n) is 7.03. The minimum Gasteiger partial charge on any atom is -0.315 e. The average molecular weight is 309 g/mol. The van der Waals surface area contributed by atoms with Crippen LogP contribution in [0.2, 0.25) is 0 Å². The van der Waals surface area contributed by atoms with E-state index in [1.54, 1.807) is 10.5 Å². The Bertz CT molecular complexity index is 679. The summed E-state index contributed by atoms with van der Waals surface area (Å²) in [5.41, 5.74) is 2.61. The Morgan fingerprint density at radius 2 is 2.29 bits per heavy atom. The first-order chi connectivity index (χ1) is 9.63. The van der Waals surface area contributed by atoms with Crippen LogP contribution in [0.4, 0.5) is 0 Å². The van der Waals surface area contributed by atoms with Gasteiger partial charge in [-0.15, -0.1) is 12.4 Å². The van der Waals surface area contributed by atoms with E-state index in [-0.39, 0.29) is 18.0 Å². The molecule has 0 amide bonds. The van der Waals surface area contributed by atoms with Crippen LogP contribution in [0, 0.1) is 6.92 Å². The summed E-state index contributed by atoms with van der Waals surface area (Å²) in [6, 6.07) is 6.06. The SMILES string of the molecule is Cc1ccc2nc(CN(C)C3CCNC3)cc(=O)n2c1.Cl. The third-order valence-electron chi connectivity index (χ3n) is 3.93. The van der Waals surface area contributed by atoms with Crippen LogP contribution in [0.1, 0.15) is 17.7 Å². The maximum absolute atomic E-state index is 12.1. The molecule has 6 heteroatoms. The fourth-order valence-electron chi connectivity index (χ4n) is 2.74. The molecule has 3 rings (SSSR count). The van der Waals surface area contributed by atoms with Gasteiger partial charge in [-0.1, -0.05) is 6.07 Å². The predicted molar refractivity (Wildman–Crippen MR) is 86.2 cm³/mol. The second kappa shape index (κ2) is 6.56. The van der Waals surface area contributed by atoms with E-state index in [2.05, 4.69) is 22.2 Å². The molecule has 5 nitrogen and oxygen atoms in total. The third-order valence-corrected chi connectivity index (χ3v) is 3.93. The Morgan fingerprint density at radius 1 is 1.48 bits per heavy atom. The number of rotatable bonds is 3. The lowest BCUT2D eigenvalue weighted by molar-refractivity contribution is 0.246. The number of nitrogens with one attached hydrogen (secondary N) is 1. The number of fused-ring (bicyclic) bond motifs is 1. The molecule has 0 saturated carbocycles. The van der Waals surface area contributed by atoms with Gasteiger partial charge in [0.15, 0.2) is 0 Å². The summed E-state index contributed by atoms with van der Waals surface area (Å²) < 4.78 is 1.61. The van der Waals surface area contributed by atoms with Gasteiger partial charge >= 0.3 is 0 Å². The highest BCUT2D eigenvalue weighted by molar-refractivity contribution is 5.85. The summed E-state index contributed by atoms with van der Waals surface area (Å²) in [7, 11) is 2.09. The van der Waals surface area contributed by atoms with Crippen molar-refractivity contribution in [3.05, 3.63) is 46.0 Å². The van der Waals surface area contributed by atoms with Gasteiger partial charge in [-0.05, 0) is 38.6 Å². The van der Waals surface area contributed by atoms with Crippen molar-refractivity contribution >= 4 is 18.1 Å². The van der Waals surface area contributed by atoms with Crippen molar-refractivity contribution in [3.63, 3.8) is 0 Å². The molecule has 1 aliphatic heterocycles. The molecule has 1 N–H and O–H groups in total. The summed E-state index contributed by atoms with van der Waals surface area (Å²) in [6.07, 6.45) is 2.99. The molecule has 1 atom stereocenters. The number of hydrogen-bond donors (Lipinski definition) is 1. The molecule has 1 saturated heterocycles. The Kier molecular flexibility index (Phi) is 4.98. The van der Waals surface area contributed by atoms with Crippen LogP contribution in [-0.2, 0) is 6.54 Å². The molecule has 0 aromatic carbocycles. The van der Waals surface area contributed by atoms with Crippen LogP contribution in [0.3, 0.4) is 0 Å². The first kappa shape index (κ1) is 15.9. The van der Waals surface area contributed by atoms with Gasteiger partial charge < -0.3 is 5.32 Å². The van der Waals surface area contributed by atoms with Gasteiger partial charge in [0.1, 0.15) is 5.65 Å². The third kappa shape index (κ3) is 3.43. The number of hydrogen-bond acceptors (Lipinski definition) is 4. The molecule has 21 heavy (non-hydrogen) atoms. The van der Waals surface area contributed by atoms with Crippen LogP contribution < -0.4 is 10.9 Å². The highest BCUT2D eigenvalue weighted by Crippen LogP contribution is 2.10. The number of aryl methyl sites for hydroxylation is 1. The van der Waals surface area contributed by atoms with E-state index in [1.165, 1.54) is 0 Å². The average Bonchev–Trinajstić information content (AvgIpc) is 2.94. The summed E-state index contributed by atoms with van der Waals surface area (Å²) in [6.45, 7) is 4.77. The lowest BCUT2D eigenvalue weighted by atomic mass is 10.2. The minimum absolute atomic E-state index is 0. The number of aromatic nitrogens is 2. The van der Waals surface area contributed by atoms with Crippen molar-refractivity contribution in [3.8, 4) is 0 Å².